The third-order valence-corrected chi connectivity index (χ3v) is 2.20. The Bertz CT molecular complexity index is 394. The highest BCUT2D eigenvalue weighted by molar-refractivity contribution is 5.77. The lowest BCUT2D eigenvalue weighted by Gasteiger charge is -2.11. The lowest BCUT2D eigenvalue weighted by Crippen LogP contribution is -2.31. The monoisotopic (exact) mass is 255 g/mol. The number of aliphatic hydroxyl groups excluding tert-OH is 2. The summed E-state index contributed by atoms with van der Waals surface area (Å²) in [5.74, 6) is 0.558. The van der Waals surface area contributed by atoms with Gasteiger partial charge in [-0.05, 0) is 17.7 Å². The molecule has 0 heterocycles. The van der Waals surface area contributed by atoms with Crippen LogP contribution in [0.5, 0.6) is 11.5 Å². The molecule has 18 heavy (non-hydrogen) atoms. The number of hydrogen-bond acceptors (Lipinski definition) is 5. The summed E-state index contributed by atoms with van der Waals surface area (Å²) in [4.78, 5) is 11.3. The van der Waals surface area contributed by atoms with E-state index in [1.165, 1.54) is 7.11 Å². The molecular formula is C12H17NO5. The molecule has 1 aromatic carbocycles. The van der Waals surface area contributed by atoms with Crippen LogP contribution in [0.4, 0.5) is 0 Å². The van der Waals surface area contributed by atoms with Gasteiger partial charge < -0.3 is 25.0 Å². The molecule has 0 fully saturated rings. The maximum Gasteiger partial charge on any atom is 0.258 e. The van der Waals surface area contributed by atoms with E-state index in [2.05, 4.69) is 5.32 Å². The van der Waals surface area contributed by atoms with Crippen molar-refractivity contribution in [3.63, 3.8) is 0 Å². The molecule has 1 rings (SSSR count). The molecule has 0 saturated heterocycles. The first kappa shape index (κ1) is 14.3. The van der Waals surface area contributed by atoms with Gasteiger partial charge in [0, 0.05) is 6.54 Å². The van der Waals surface area contributed by atoms with Crippen LogP contribution >= 0.6 is 0 Å². The van der Waals surface area contributed by atoms with Gasteiger partial charge in [0.2, 0.25) is 0 Å². The summed E-state index contributed by atoms with van der Waals surface area (Å²) in [5.41, 5.74) is 0.698. The van der Waals surface area contributed by atoms with Crippen molar-refractivity contribution in [3.05, 3.63) is 23.8 Å². The molecule has 100 valence electrons. The number of aliphatic hydroxyl groups is 2. The molecule has 6 heteroatoms. The molecule has 0 aliphatic rings. The van der Waals surface area contributed by atoms with Crippen molar-refractivity contribution in [2.24, 2.45) is 0 Å². The van der Waals surface area contributed by atoms with Gasteiger partial charge in [-0.25, -0.2) is 0 Å². The van der Waals surface area contributed by atoms with Crippen LogP contribution in [0.1, 0.15) is 5.56 Å². The van der Waals surface area contributed by atoms with Crippen molar-refractivity contribution < 1.29 is 24.5 Å². The standard InChI is InChI=1S/C12H17NO5/c1-17-11-6-9(7-15)2-3-10(11)18-8-12(16)13-4-5-14/h2-3,6,14-15H,4-5,7-8H2,1H3,(H,13,16). The van der Waals surface area contributed by atoms with Gasteiger partial charge in [-0.3, -0.25) is 4.79 Å². The normalized spacial score (nSPS) is 9.94. The first-order valence-electron chi connectivity index (χ1n) is 5.49. The second-order valence-electron chi connectivity index (χ2n) is 3.51. The van der Waals surface area contributed by atoms with Crippen LogP contribution in [0, 0.1) is 0 Å². The maximum absolute atomic E-state index is 11.3. The van der Waals surface area contributed by atoms with E-state index in [9.17, 15) is 4.79 Å². The van der Waals surface area contributed by atoms with Gasteiger partial charge in [0.1, 0.15) is 0 Å². The molecule has 1 amide bonds. The molecule has 3 N–H and O–H groups in total. The highest BCUT2D eigenvalue weighted by Gasteiger charge is 2.08. The molecule has 0 atom stereocenters. The highest BCUT2D eigenvalue weighted by Crippen LogP contribution is 2.27. The van der Waals surface area contributed by atoms with Crippen molar-refractivity contribution in [2.75, 3.05) is 26.9 Å². The predicted octanol–water partition coefficient (Wildman–Crippen LogP) is -0.325. The summed E-state index contributed by atoms with van der Waals surface area (Å²) < 4.78 is 10.4. The van der Waals surface area contributed by atoms with E-state index < -0.39 is 0 Å². The van der Waals surface area contributed by atoms with Crippen LogP contribution in [0.3, 0.4) is 0 Å². The summed E-state index contributed by atoms with van der Waals surface area (Å²) in [7, 11) is 1.48. The lowest BCUT2D eigenvalue weighted by atomic mass is 10.2. The maximum atomic E-state index is 11.3. The van der Waals surface area contributed by atoms with Crippen LogP contribution in [0.2, 0.25) is 0 Å². The topological polar surface area (TPSA) is 88.0 Å². The van der Waals surface area contributed by atoms with E-state index in [4.69, 9.17) is 19.7 Å². The van der Waals surface area contributed by atoms with E-state index >= 15 is 0 Å². The van der Waals surface area contributed by atoms with Crippen molar-refractivity contribution in [1.82, 2.24) is 5.32 Å². The van der Waals surface area contributed by atoms with Gasteiger partial charge >= 0.3 is 0 Å². The first-order valence-corrected chi connectivity index (χ1v) is 5.49. The molecule has 0 saturated carbocycles. The fourth-order valence-corrected chi connectivity index (χ4v) is 1.32. The Balaban J connectivity index is 2.58. The van der Waals surface area contributed by atoms with Crippen LogP contribution in [-0.4, -0.2) is 43.0 Å². The molecule has 0 bridgehead atoms. The number of hydrogen-bond donors (Lipinski definition) is 3. The van der Waals surface area contributed by atoms with Gasteiger partial charge in [0.05, 0.1) is 20.3 Å². The molecular weight excluding hydrogens is 238 g/mol. The Labute approximate surface area is 105 Å². The minimum absolute atomic E-state index is 0.0897. The van der Waals surface area contributed by atoms with E-state index in [-0.39, 0.29) is 32.3 Å². The zero-order valence-electron chi connectivity index (χ0n) is 10.2. The zero-order valence-corrected chi connectivity index (χ0v) is 10.2. The number of methoxy groups -OCH3 is 1. The quantitative estimate of drug-likeness (QED) is 0.621. The number of rotatable bonds is 7. The number of carbonyl (C=O) groups is 1. The lowest BCUT2D eigenvalue weighted by molar-refractivity contribution is -0.123. The Morgan fingerprint density at radius 3 is 2.72 bits per heavy atom. The molecule has 6 nitrogen and oxygen atoms in total. The Morgan fingerprint density at radius 2 is 2.11 bits per heavy atom. The third-order valence-electron chi connectivity index (χ3n) is 2.20. The number of amides is 1. The average Bonchev–Trinajstić information content (AvgIpc) is 2.42. The van der Waals surface area contributed by atoms with Crippen LogP contribution in [0.15, 0.2) is 18.2 Å². The van der Waals surface area contributed by atoms with Crippen molar-refractivity contribution in [2.45, 2.75) is 6.61 Å². The van der Waals surface area contributed by atoms with E-state index in [0.717, 1.165) is 0 Å². The number of nitrogens with one attached hydrogen (secondary N) is 1. The first-order chi connectivity index (χ1) is 8.71. The number of ether oxygens (including phenoxy) is 2. The fraction of sp³-hybridized carbons (Fsp3) is 0.417. The van der Waals surface area contributed by atoms with Crippen molar-refractivity contribution >= 4 is 5.91 Å². The SMILES string of the molecule is COc1cc(CO)ccc1OCC(=O)NCCO. The molecule has 1 aromatic rings. The minimum Gasteiger partial charge on any atom is -0.493 e. The summed E-state index contributed by atoms with van der Waals surface area (Å²) >= 11 is 0. The van der Waals surface area contributed by atoms with E-state index in [1.807, 2.05) is 0 Å². The number of carbonyl (C=O) groups excluding carboxylic acids is 1. The zero-order chi connectivity index (χ0) is 13.4. The van der Waals surface area contributed by atoms with Gasteiger partial charge in [0.25, 0.3) is 5.91 Å². The summed E-state index contributed by atoms with van der Waals surface area (Å²) in [5, 5.41) is 20.0. The fourth-order valence-electron chi connectivity index (χ4n) is 1.32. The smallest absolute Gasteiger partial charge is 0.258 e. The largest absolute Gasteiger partial charge is 0.493 e. The van der Waals surface area contributed by atoms with Gasteiger partial charge in [-0.1, -0.05) is 6.07 Å². The third kappa shape index (κ3) is 4.23. The van der Waals surface area contributed by atoms with Crippen molar-refractivity contribution in [1.29, 1.82) is 0 Å². The molecule has 0 aliphatic heterocycles. The van der Waals surface area contributed by atoms with E-state index in [0.29, 0.717) is 17.1 Å². The van der Waals surface area contributed by atoms with Crippen LogP contribution in [-0.2, 0) is 11.4 Å². The predicted molar refractivity (Wildman–Crippen MR) is 64.5 cm³/mol. The Hall–Kier alpha value is -1.79. The Kier molecular flexibility index (Phi) is 5.96. The van der Waals surface area contributed by atoms with Gasteiger partial charge in [-0.2, -0.15) is 0 Å². The van der Waals surface area contributed by atoms with Gasteiger partial charge in [0.15, 0.2) is 18.1 Å². The Morgan fingerprint density at radius 1 is 1.33 bits per heavy atom. The summed E-state index contributed by atoms with van der Waals surface area (Å²) in [6, 6.07) is 4.95. The van der Waals surface area contributed by atoms with Crippen LogP contribution < -0.4 is 14.8 Å². The second kappa shape index (κ2) is 7.52. The van der Waals surface area contributed by atoms with Gasteiger partial charge in [-0.15, -0.1) is 0 Å². The molecule has 0 unspecified atom stereocenters. The van der Waals surface area contributed by atoms with Crippen LogP contribution in [0.25, 0.3) is 0 Å². The molecule has 0 aliphatic carbocycles. The van der Waals surface area contributed by atoms with Crippen molar-refractivity contribution in [3.8, 4) is 11.5 Å². The number of benzene rings is 1. The molecule has 0 radical (unpaired) electrons. The minimum atomic E-state index is -0.322. The summed E-state index contributed by atoms with van der Waals surface area (Å²) in [6.07, 6.45) is 0. The highest BCUT2D eigenvalue weighted by atomic mass is 16.5. The summed E-state index contributed by atoms with van der Waals surface area (Å²) in [6.45, 7) is -0.161. The average molecular weight is 255 g/mol. The van der Waals surface area contributed by atoms with E-state index in [1.54, 1.807) is 18.2 Å². The molecule has 0 aromatic heterocycles. The molecule has 0 spiro atoms. The second-order valence-corrected chi connectivity index (χ2v) is 3.51.